The molecule has 3 atom stereocenters. The smallest absolute Gasteiger partial charge is 0.437 e. The van der Waals surface area contributed by atoms with Crippen LogP contribution in [0.1, 0.15) is 60.8 Å². The van der Waals surface area contributed by atoms with Gasteiger partial charge in [0.05, 0.1) is 6.04 Å². The first-order chi connectivity index (χ1) is 16.6. The molecule has 202 valence electrons. The zero-order valence-corrected chi connectivity index (χ0v) is 21.6. The highest BCUT2D eigenvalue weighted by Gasteiger charge is 2.47. The third-order valence-electron chi connectivity index (χ3n) is 5.62. The molecule has 3 aliphatic rings. The standard InChI is InChI=1S/C22H36N6O8/c1-21(2,3)34-18(30)23-17(24-19(31)35-22(4,5)6)26-10-9-14(12-26)36-25-16(29)15-8-7-13-11-27(15)20(32)28(13)33/h13-15,33H,7-12H2,1-6H3,(H,25,29)(H,23,24,30,31)/t13?,14?,15-/m0/s1. The Labute approximate surface area is 209 Å². The van der Waals surface area contributed by atoms with Gasteiger partial charge in [0.1, 0.15) is 23.3 Å². The number of guanidine groups is 1. The predicted molar refractivity (Wildman–Crippen MR) is 125 cm³/mol. The average Bonchev–Trinajstić information content (AvgIpc) is 3.29. The second-order valence-electron chi connectivity index (χ2n) is 11.0. The van der Waals surface area contributed by atoms with Gasteiger partial charge in [-0.05, 0) is 60.8 Å². The molecule has 36 heavy (non-hydrogen) atoms. The second kappa shape index (κ2) is 10.5. The van der Waals surface area contributed by atoms with Crippen LogP contribution in [0.4, 0.5) is 14.4 Å². The van der Waals surface area contributed by atoms with E-state index in [0.29, 0.717) is 30.9 Å². The summed E-state index contributed by atoms with van der Waals surface area (Å²) < 4.78 is 10.5. The SMILES string of the molecule is CC(C)(C)OC(=O)/N=C(\NC(=O)OC(C)(C)C)N1CCC(ONC(=O)[C@@H]2CCC3CN2C(=O)N3O)C1. The topological polar surface area (TPSA) is 162 Å². The Balaban J connectivity index is 1.59. The molecule has 3 aliphatic heterocycles. The minimum Gasteiger partial charge on any atom is -0.444 e. The largest absolute Gasteiger partial charge is 0.444 e. The molecule has 0 aromatic heterocycles. The number of nitrogens with one attached hydrogen (secondary N) is 2. The Morgan fingerprint density at radius 3 is 2.31 bits per heavy atom. The number of hydrogen-bond acceptors (Lipinski definition) is 8. The summed E-state index contributed by atoms with van der Waals surface area (Å²) in [5.74, 6) is -0.537. The van der Waals surface area contributed by atoms with Gasteiger partial charge in [0.25, 0.3) is 5.91 Å². The first-order valence-corrected chi connectivity index (χ1v) is 11.9. The molecule has 3 heterocycles. The molecular formula is C22H36N6O8. The van der Waals surface area contributed by atoms with Crippen LogP contribution in [-0.4, -0.2) is 99.2 Å². The van der Waals surface area contributed by atoms with Crippen molar-refractivity contribution in [2.45, 2.75) is 90.2 Å². The number of piperidine rings is 1. The molecule has 0 radical (unpaired) electrons. The van der Waals surface area contributed by atoms with Crippen LogP contribution < -0.4 is 10.8 Å². The van der Waals surface area contributed by atoms with E-state index in [2.05, 4.69) is 15.8 Å². The summed E-state index contributed by atoms with van der Waals surface area (Å²) in [5.41, 5.74) is 0.877. The van der Waals surface area contributed by atoms with E-state index in [-0.39, 0.29) is 25.1 Å². The molecule has 3 saturated heterocycles. The van der Waals surface area contributed by atoms with Gasteiger partial charge in [-0.3, -0.25) is 20.2 Å². The van der Waals surface area contributed by atoms with E-state index in [4.69, 9.17) is 14.3 Å². The molecule has 0 aromatic rings. The fourth-order valence-corrected chi connectivity index (χ4v) is 4.09. The maximum absolute atomic E-state index is 12.7. The van der Waals surface area contributed by atoms with Gasteiger partial charge in [-0.2, -0.15) is 0 Å². The number of carbonyl (C=O) groups excluding carboxylic acids is 4. The van der Waals surface area contributed by atoms with Gasteiger partial charge in [-0.25, -0.2) is 24.9 Å². The number of hydrogen-bond donors (Lipinski definition) is 3. The normalized spacial score (nSPS) is 24.6. The van der Waals surface area contributed by atoms with E-state index in [0.717, 1.165) is 0 Å². The Morgan fingerprint density at radius 1 is 1.00 bits per heavy atom. The van der Waals surface area contributed by atoms with Crippen LogP contribution in [0, 0.1) is 0 Å². The van der Waals surface area contributed by atoms with Crippen molar-refractivity contribution in [3.05, 3.63) is 0 Å². The average molecular weight is 513 g/mol. The molecule has 2 unspecified atom stereocenters. The number of urea groups is 1. The van der Waals surface area contributed by atoms with Crippen molar-refractivity contribution < 1.29 is 38.7 Å². The maximum atomic E-state index is 12.7. The van der Waals surface area contributed by atoms with Crippen LogP contribution in [0.15, 0.2) is 4.99 Å². The van der Waals surface area contributed by atoms with Crippen LogP contribution >= 0.6 is 0 Å². The highest BCUT2D eigenvalue weighted by molar-refractivity contribution is 5.99. The van der Waals surface area contributed by atoms with Gasteiger partial charge < -0.3 is 19.3 Å². The van der Waals surface area contributed by atoms with E-state index in [1.807, 2.05) is 0 Å². The third-order valence-corrected chi connectivity index (χ3v) is 5.62. The lowest BCUT2D eigenvalue weighted by molar-refractivity contribution is -0.143. The molecule has 0 aliphatic carbocycles. The number of nitrogens with zero attached hydrogens (tertiary/aromatic N) is 4. The number of hydroxylamine groups is 3. The molecule has 0 spiro atoms. The van der Waals surface area contributed by atoms with Crippen LogP contribution in [0.2, 0.25) is 0 Å². The fourth-order valence-electron chi connectivity index (χ4n) is 4.09. The van der Waals surface area contributed by atoms with Gasteiger partial charge >= 0.3 is 18.2 Å². The number of alkyl carbamates (subject to hydrolysis) is 1. The highest BCUT2D eigenvalue weighted by atomic mass is 16.7. The van der Waals surface area contributed by atoms with E-state index in [9.17, 15) is 24.4 Å². The van der Waals surface area contributed by atoms with Gasteiger partial charge in [0.2, 0.25) is 5.96 Å². The Hall–Kier alpha value is -3.13. The van der Waals surface area contributed by atoms with Crippen LogP contribution in [0.3, 0.4) is 0 Å². The summed E-state index contributed by atoms with van der Waals surface area (Å²) in [4.78, 5) is 61.8. The fraction of sp³-hybridized carbons (Fsp3) is 0.773. The summed E-state index contributed by atoms with van der Waals surface area (Å²) in [6.45, 7) is 11.1. The molecule has 14 heteroatoms. The molecule has 2 bridgehead atoms. The summed E-state index contributed by atoms with van der Waals surface area (Å²) in [5, 5.41) is 13.0. The van der Waals surface area contributed by atoms with Crippen molar-refractivity contribution in [3.63, 3.8) is 0 Å². The zero-order valence-electron chi connectivity index (χ0n) is 21.6. The van der Waals surface area contributed by atoms with Crippen molar-refractivity contribution in [1.29, 1.82) is 0 Å². The van der Waals surface area contributed by atoms with E-state index < -0.39 is 47.5 Å². The number of likely N-dealkylation sites (tertiary alicyclic amines) is 1. The number of rotatable bonds is 3. The molecule has 3 N–H and O–H groups in total. The van der Waals surface area contributed by atoms with Crippen LogP contribution in [-0.2, 0) is 19.1 Å². The van der Waals surface area contributed by atoms with Crippen molar-refractivity contribution in [2.75, 3.05) is 19.6 Å². The molecule has 14 nitrogen and oxygen atoms in total. The minimum absolute atomic E-state index is 0.0556. The summed E-state index contributed by atoms with van der Waals surface area (Å²) >= 11 is 0. The summed E-state index contributed by atoms with van der Waals surface area (Å²) in [7, 11) is 0. The summed E-state index contributed by atoms with van der Waals surface area (Å²) in [6.07, 6.45) is -0.760. The minimum atomic E-state index is -0.880. The van der Waals surface area contributed by atoms with Crippen molar-refractivity contribution >= 4 is 30.1 Å². The van der Waals surface area contributed by atoms with Crippen LogP contribution in [0.5, 0.6) is 0 Å². The van der Waals surface area contributed by atoms with Gasteiger partial charge in [0, 0.05) is 19.6 Å². The second-order valence-corrected chi connectivity index (χ2v) is 11.0. The van der Waals surface area contributed by atoms with Crippen LogP contribution in [0.25, 0.3) is 0 Å². The first-order valence-electron chi connectivity index (χ1n) is 11.9. The van der Waals surface area contributed by atoms with E-state index in [1.54, 1.807) is 46.4 Å². The van der Waals surface area contributed by atoms with Crippen molar-refractivity contribution in [2.24, 2.45) is 4.99 Å². The maximum Gasteiger partial charge on any atom is 0.437 e. The molecule has 3 rings (SSSR count). The summed E-state index contributed by atoms with van der Waals surface area (Å²) in [6, 6.07) is -1.63. The lowest BCUT2D eigenvalue weighted by Crippen LogP contribution is -2.50. The number of carbonyl (C=O) groups is 4. The first kappa shape index (κ1) is 27.5. The zero-order chi connectivity index (χ0) is 26.8. The van der Waals surface area contributed by atoms with Gasteiger partial charge in [-0.15, -0.1) is 4.99 Å². The number of aliphatic imine (C=N–C) groups is 1. The number of ether oxygens (including phenoxy) is 2. The van der Waals surface area contributed by atoms with Gasteiger partial charge in [-0.1, -0.05) is 0 Å². The predicted octanol–water partition coefficient (Wildman–Crippen LogP) is 1.58. The highest BCUT2D eigenvalue weighted by Crippen LogP contribution is 2.28. The quantitative estimate of drug-likeness (QED) is 0.220. The molecular weight excluding hydrogens is 476 g/mol. The Morgan fingerprint density at radius 2 is 1.67 bits per heavy atom. The number of amides is 5. The Bertz CT molecular complexity index is 911. The van der Waals surface area contributed by atoms with E-state index in [1.165, 1.54) is 4.90 Å². The molecule has 5 amide bonds. The van der Waals surface area contributed by atoms with E-state index >= 15 is 0 Å². The third kappa shape index (κ3) is 7.20. The lowest BCUT2D eigenvalue weighted by atomic mass is 10.0. The van der Waals surface area contributed by atoms with Gasteiger partial charge in [0.15, 0.2) is 0 Å². The Kier molecular flexibility index (Phi) is 7.98. The van der Waals surface area contributed by atoms with Crippen molar-refractivity contribution in [1.82, 2.24) is 25.7 Å². The monoisotopic (exact) mass is 512 g/mol. The molecule has 3 fully saturated rings. The molecule has 0 saturated carbocycles. The van der Waals surface area contributed by atoms with Crippen molar-refractivity contribution in [3.8, 4) is 0 Å². The number of fused-ring (bicyclic) bond motifs is 2. The molecule has 0 aromatic carbocycles. The lowest BCUT2D eigenvalue weighted by Gasteiger charge is -2.29.